The van der Waals surface area contributed by atoms with Crippen molar-refractivity contribution < 1.29 is 14.7 Å². The highest BCUT2D eigenvalue weighted by Gasteiger charge is 2.09. The van der Waals surface area contributed by atoms with Gasteiger partial charge in [0.25, 0.3) is 0 Å². The van der Waals surface area contributed by atoms with Crippen LogP contribution in [0.15, 0.2) is 48.5 Å². The summed E-state index contributed by atoms with van der Waals surface area (Å²) in [6, 6.07) is 13.8. The predicted molar refractivity (Wildman–Crippen MR) is 89.6 cm³/mol. The zero-order valence-electron chi connectivity index (χ0n) is 11.0. The number of aliphatic carboxylic acids is 1. The zero-order chi connectivity index (χ0) is 15.2. The second-order valence-corrected chi connectivity index (χ2v) is 5.56. The van der Waals surface area contributed by atoms with Crippen molar-refractivity contribution in [2.24, 2.45) is 0 Å². The van der Waals surface area contributed by atoms with Gasteiger partial charge < -0.3 is 15.7 Å². The third-order valence-electron chi connectivity index (χ3n) is 2.71. The van der Waals surface area contributed by atoms with Gasteiger partial charge in [-0.15, -0.1) is 0 Å². The van der Waals surface area contributed by atoms with Crippen molar-refractivity contribution in [2.45, 2.75) is 6.42 Å². The van der Waals surface area contributed by atoms with E-state index in [1.165, 1.54) is 0 Å². The number of rotatable bonds is 4. The van der Waals surface area contributed by atoms with E-state index in [-0.39, 0.29) is 6.42 Å². The molecule has 0 aromatic heterocycles. The lowest BCUT2D eigenvalue weighted by Crippen LogP contribution is -2.20. The lowest BCUT2D eigenvalue weighted by Gasteiger charge is -2.11. The molecule has 0 aliphatic rings. The number of halogens is 1. The Morgan fingerprint density at radius 2 is 1.67 bits per heavy atom. The van der Waals surface area contributed by atoms with Gasteiger partial charge in [0.1, 0.15) is 0 Å². The molecule has 0 spiro atoms. The maximum atomic E-state index is 11.9. The fourth-order valence-electron chi connectivity index (χ4n) is 1.78. The first-order valence-electron chi connectivity index (χ1n) is 6.18. The minimum absolute atomic E-state index is 0.139. The lowest BCUT2D eigenvalue weighted by molar-refractivity contribution is -0.136. The van der Waals surface area contributed by atoms with E-state index in [1.807, 2.05) is 12.1 Å². The number of carbonyl (C=O) groups excluding carboxylic acids is 1. The van der Waals surface area contributed by atoms with Crippen LogP contribution in [0, 0.1) is 3.57 Å². The van der Waals surface area contributed by atoms with Gasteiger partial charge in [0, 0.05) is 14.9 Å². The van der Waals surface area contributed by atoms with E-state index in [1.54, 1.807) is 36.4 Å². The van der Waals surface area contributed by atoms with E-state index in [2.05, 4.69) is 33.2 Å². The molecule has 21 heavy (non-hydrogen) atoms. The maximum absolute atomic E-state index is 11.9. The monoisotopic (exact) mass is 396 g/mol. The van der Waals surface area contributed by atoms with Gasteiger partial charge in [0.05, 0.1) is 6.42 Å². The van der Waals surface area contributed by atoms with Crippen molar-refractivity contribution in [3.63, 3.8) is 0 Å². The lowest BCUT2D eigenvalue weighted by atomic mass is 10.1. The number of urea groups is 1. The molecule has 6 heteroatoms. The summed E-state index contributed by atoms with van der Waals surface area (Å²) in [5.41, 5.74) is 1.72. The fourth-order valence-corrected chi connectivity index (χ4v) is 2.14. The molecule has 3 N–H and O–H groups in total. The Bertz CT molecular complexity index is 656. The van der Waals surface area contributed by atoms with Crippen LogP contribution in [0.25, 0.3) is 0 Å². The number of anilines is 2. The number of hydrogen-bond donors (Lipinski definition) is 3. The van der Waals surface area contributed by atoms with Gasteiger partial charge in [-0.05, 0) is 58.5 Å². The second kappa shape index (κ2) is 7.07. The highest BCUT2D eigenvalue weighted by atomic mass is 127. The van der Waals surface area contributed by atoms with Crippen LogP contribution in [-0.4, -0.2) is 17.1 Å². The summed E-state index contributed by atoms with van der Waals surface area (Å²) in [6.07, 6.45) is -0.139. The molecule has 108 valence electrons. The number of hydrogen-bond acceptors (Lipinski definition) is 2. The van der Waals surface area contributed by atoms with Crippen molar-refractivity contribution in [2.75, 3.05) is 10.6 Å². The molecule has 2 rings (SSSR count). The van der Waals surface area contributed by atoms with Crippen LogP contribution < -0.4 is 10.6 Å². The summed E-state index contributed by atoms with van der Waals surface area (Å²) in [7, 11) is 0. The van der Waals surface area contributed by atoms with Crippen LogP contribution in [0.1, 0.15) is 5.56 Å². The molecule has 0 fully saturated rings. The van der Waals surface area contributed by atoms with Crippen LogP contribution in [0.3, 0.4) is 0 Å². The normalized spacial score (nSPS) is 9.95. The Balaban J connectivity index is 2.05. The molecule has 2 amide bonds. The van der Waals surface area contributed by atoms with Gasteiger partial charge in [-0.25, -0.2) is 4.79 Å². The van der Waals surface area contributed by atoms with Crippen molar-refractivity contribution in [3.8, 4) is 0 Å². The van der Waals surface area contributed by atoms with Crippen molar-refractivity contribution in [1.29, 1.82) is 0 Å². The minimum Gasteiger partial charge on any atom is -0.481 e. The minimum atomic E-state index is -0.942. The molecule has 2 aromatic carbocycles. The fraction of sp³-hybridized carbons (Fsp3) is 0.0667. The number of carbonyl (C=O) groups is 2. The van der Waals surface area contributed by atoms with Crippen molar-refractivity contribution in [3.05, 3.63) is 57.7 Å². The zero-order valence-corrected chi connectivity index (χ0v) is 13.1. The average molecular weight is 396 g/mol. The molecule has 0 saturated heterocycles. The summed E-state index contributed by atoms with van der Waals surface area (Å²) >= 11 is 2.18. The molecule has 0 atom stereocenters. The van der Waals surface area contributed by atoms with Crippen molar-refractivity contribution in [1.82, 2.24) is 0 Å². The van der Waals surface area contributed by atoms with Crippen LogP contribution in [0.4, 0.5) is 16.2 Å². The maximum Gasteiger partial charge on any atom is 0.323 e. The molecule has 5 nitrogen and oxygen atoms in total. The van der Waals surface area contributed by atoms with Gasteiger partial charge >= 0.3 is 12.0 Å². The number of benzene rings is 2. The van der Waals surface area contributed by atoms with Crippen LogP contribution in [0.2, 0.25) is 0 Å². The SMILES string of the molecule is O=C(O)Cc1ccccc1NC(=O)Nc1ccc(I)cc1. The van der Waals surface area contributed by atoms with E-state index in [0.29, 0.717) is 16.9 Å². The first-order valence-corrected chi connectivity index (χ1v) is 7.26. The summed E-state index contributed by atoms with van der Waals surface area (Å²) in [5, 5.41) is 14.2. The first-order chi connectivity index (χ1) is 10.0. The number of para-hydroxylation sites is 1. The summed E-state index contributed by atoms with van der Waals surface area (Å²) < 4.78 is 1.07. The van der Waals surface area contributed by atoms with Crippen molar-refractivity contribution >= 4 is 46.0 Å². The molecule has 0 aliphatic heterocycles. The highest BCUT2D eigenvalue weighted by Crippen LogP contribution is 2.17. The Hall–Kier alpha value is -2.09. The first kappa shape index (κ1) is 15.3. The molecule has 0 saturated carbocycles. The van der Waals surface area contributed by atoms with Crippen LogP contribution in [0.5, 0.6) is 0 Å². The molecular weight excluding hydrogens is 383 g/mol. The Kier molecular flexibility index (Phi) is 5.15. The molecule has 0 radical (unpaired) electrons. The van der Waals surface area contributed by atoms with Gasteiger partial charge in [0.2, 0.25) is 0 Å². The number of carboxylic acids is 1. The summed E-state index contributed by atoms with van der Waals surface area (Å²) in [6.45, 7) is 0. The smallest absolute Gasteiger partial charge is 0.323 e. The van der Waals surface area contributed by atoms with E-state index >= 15 is 0 Å². The van der Waals surface area contributed by atoms with Gasteiger partial charge in [-0.2, -0.15) is 0 Å². The molecule has 0 aliphatic carbocycles. The van der Waals surface area contributed by atoms with E-state index in [0.717, 1.165) is 3.57 Å². The molecule has 2 aromatic rings. The quantitative estimate of drug-likeness (QED) is 0.692. The van der Waals surface area contributed by atoms with Gasteiger partial charge in [-0.3, -0.25) is 4.79 Å². The topological polar surface area (TPSA) is 78.4 Å². The molecule has 0 bridgehead atoms. The number of carboxylic acid groups (broad SMARTS) is 1. The second-order valence-electron chi connectivity index (χ2n) is 4.31. The van der Waals surface area contributed by atoms with E-state index < -0.39 is 12.0 Å². The van der Waals surface area contributed by atoms with Crippen LogP contribution in [-0.2, 0) is 11.2 Å². The van der Waals surface area contributed by atoms with E-state index in [4.69, 9.17) is 5.11 Å². The Morgan fingerprint density at radius 1 is 1.00 bits per heavy atom. The standard InChI is InChI=1S/C15H13IN2O3/c16-11-5-7-12(8-6-11)17-15(21)18-13-4-2-1-3-10(13)9-14(19)20/h1-8H,9H2,(H,19,20)(H2,17,18,21). The number of nitrogens with one attached hydrogen (secondary N) is 2. The van der Waals surface area contributed by atoms with Gasteiger partial charge in [-0.1, -0.05) is 18.2 Å². The van der Waals surface area contributed by atoms with Gasteiger partial charge in [0.15, 0.2) is 0 Å². The molecule has 0 unspecified atom stereocenters. The predicted octanol–water partition coefficient (Wildman–Crippen LogP) is 3.56. The van der Waals surface area contributed by atoms with E-state index in [9.17, 15) is 9.59 Å². The molecular formula is C15H13IN2O3. The van der Waals surface area contributed by atoms with Crippen LogP contribution >= 0.6 is 22.6 Å². The third-order valence-corrected chi connectivity index (χ3v) is 3.43. The Morgan fingerprint density at radius 3 is 2.33 bits per heavy atom. The highest BCUT2D eigenvalue weighted by molar-refractivity contribution is 14.1. The Labute approximate surface area is 135 Å². The largest absolute Gasteiger partial charge is 0.481 e. The number of amides is 2. The molecule has 0 heterocycles. The average Bonchev–Trinajstić information content (AvgIpc) is 2.43. The third kappa shape index (κ3) is 4.75. The summed E-state index contributed by atoms with van der Waals surface area (Å²) in [5.74, 6) is -0.942. The summed E-state index contributed by atoms with van der Waals surface area (Å²) in [4.78, 5) is 22.7.